The topological polar surface area (TPSA) is 55.1 Å². The van der Waals surface area contributed by atoms with Crippen molar-refractivity contribution < 1.29 is 9.18 Å². The molecule has 0 atom stereocenters. The fraction of sp³-hybridized carbons (Fsp3) is 0. The molecular weight excluding hydrogens is 382 g/mol. The van der Waals surface area contributed by atoms with E-state index in [9.17, 15) is 9.18 Å². The summed E-state index contributed by atoms with van der Waals surface area (Å²) in [6.07, 6.45) is 0. The molecule has 0 saturated heterocycles. The van der Waals surface area contributed by atoms with Crippen LogP contribution in [0.1, 0.15) is 10.4 Å². The number of nitrogens with one attached hydrogen (secondary N) is 1. The number of anilines is 2. The molecule has 1 amide bonds. The van der Waals surface area contributed by atoms with Gasteiger partial charge in [-0.2, -0.15) is 0 Å². The lowest BCUT2D eigenvalue weighted by atomic mass is 10.1. The number of nitrogen functional groups attached to an aromatic ring is 1. The van der Waals surface area contributed by atoms with Gasteiger partial charge in [0.15, 0.2) is 0 Å². The number of carbonyl (C=O) groups excluding carboxylic acids is 1. The van der Waals surface area contributed by atoms with E-state index in [0.717, 1.165) is 9.64 Å². The Hall–Kier alpha value is -1.34. The van der Waals surface area contributed by atoms with Crippen molar-refractivity contribution >= 4 is 51.5 Å². The monoisotopic (exact) mass is 390 g/mol. The van der Waals surface area contributed by atoms with Crippen LogP contribution in [-0.4, -0.2) is 5.91 Å². The van der Waals surface area contributed by atoms with Gasteiger partial charge in [0.1, 0.15) is 5.82 Å². The second-order valence-corrected chi connectivity index (χ2v) is 5.41. The van der Waals surface area contributed by atoms with Crippen molar-refractivity contribution in [2.45, 2.75) is 0 Å². The standard InChI is InChI=1S/C13H9ClFIN2O/c14-7-1-4-12(10(16)5-7)18-13(19)9-6-8(15)2-3-11(9)17/h1-6H,17H2,(H,18,19). The summed E-state index contributed by atoms with van der Waals surface area (Å²) in [5.74, 6) is -0.970. The molecule has 2 rings (SSSR count). The molecule has 3 N–H and O–H groups in total. The summed E-state index contributed by atoms with van der Waals surface area (Å²) in [4.78, 5) is 12.0. The summed E-state index contributed by atoms with van der Waals surface area (Å²) in [6, 6.07) is 8.72. The lowest BCUT2D eigenvalue weighted by Crippen LogP contribution is -2.15. The molecule has 0 aliphatic rings. The Morgan fingerprint density at radius 1 is 1.26 bits per heavy atom. The highest BCUT2D eigenvalue weighted by Gasteiger charge is 2.12. The summed E-state index contributed by atoms with van der Waals surface area (Å²) < 4.78 is 13.9. The van der Waals surface area contributed by atoms with Crippen LogP contribution in [0.15, 0.2) is 36.4 Å². The van der Waals surface area contributed by atoms with Gasteiger partial charge in [-0.1, -0.05) is 11.6 Å². The van der Waals surface area contributed by atoms with E-state index >= 15 is 0 Å². The Kier molecular flexibility index (Phi) is 4.26. The van der Waals surface area contributed by atoms with Gasteiger partial charge in [-0.05, 0) is 59.0 Å². The average Bonchev–Trinajstić information content (AvgIpc) is 2.35. The minimum Gasteiger partial charge on any atom is -0.398 e. The van der Waals surface area contributed by atoms with E-state index in [1.165, 1.54) is 12.1 Å². The van der Waals surface area contributed by atoms with Gasteiger partial charge in [0.25, 0.3) is 5.91 Å². The van der Waals surface area contributed by atoms with Crippen LogP contribution in [0.25, 0.3) is 0 Å². The molecule has 2 aromatic rings. The van der Waals surface area contributed by atoms with Crippen molar-refractivity contribution in [3.8, 4) is 0 Å². The van der Waals surface area contributed by atoms with Crippen LogP contribution >= 0.6 is 34.2 Å². The molecule has 0 heterocycles. The highest BCUT2D eigenvalue weighted by Crippen LogP contribution is 2.23. The number of hydrogen-bond acceptors (Lipinski definition) is 2. The summed E-state index contributed by atoms with van der Waals surface area (Å²) in [5, 5.41) is 3.25. The molecular formula is C13H9ClFIN2O. The molecule has 0 aliphatic carbocycles. The van der Waals surface area contributed by atoms with Crippen molar-refractivity contribution in [3.05, 3.63) is 56.4 Å². The molecule has 0 radical (unpaired) electrons. The van der Waals surface area contributed by atoms with Crippen LogP contribution in [0.4, 0.5) is 15.8 Å². The van der Waals surface area contributed by atoms with Gasteiger partial charge < -0.3 is 11.1 Å². The van der Waals surface area contributed by atoms with E-state index in [0.29, 0.717) is 10.7 Å². The Balaban J connectivity index is 2.28. The molecule has 0 spiro atoms. The van der Waals surface area contributed by atoms with Crippen LogP contribution in [0.5, 0.6) is 0 Å². The number of nitrogens with two attached hydrogens (primary N) is 1. The highest BCUT2D eigenvalue weighted by atomic mass is 127. The lowest BCUT2D eigenvalue weighted by Gasteiger charge is -2.09. The maximum atomic E-state index is 13.1. The van der Waals surface area contributed by atoms with Gasteiger partial charge in [0.05, 0.1) is 11.3 Å². The summed E-state index contributed by atoms with van der Waals surface area (Å²) in [6.45, 7) is 0. The molecule has 0 fully saturated rings. The van der Waals surface area contributed by atoms with Crippen molar-refractivity contribution in [2.75, 3.05) is 11.1 Å². The van der Waals surface area contributed by atoms with Gasteiger partial charge in [0.2, 0.25) is 0 Å². The number of carbonyl (C=O) groups is 1. The molecule has 3 nitrogen and oxygen atoms in total. The molecule has 0 bridgehead atoms. The zero-order chi connectivity index (χ0) is 14.0. The Morgan fingerprint density at radius 2 is 2.00 bits per heavy atom. The van der Waals surface area contributed by atoms with Crippen LogP contribution < -0.4 is 11.1 Å². The molecule has 2 aromatic carbocycles. The fourth-order valence-corrected chi connectivity index (χ4v) is 2.51. The normalized spacial score (nSPS) is 10.3. The molecule has 19 heavy (non-hydrogen) atoms. The van der Waals surface area contributed by atoms with E-state index in [-0.39, 0.29) is 11.3 Å². The molecule has 0 saturated carbocycles. The van der Waals surface area contributed by atoms with Gasteiger partial charge in [-0.25, -0.2) is 4.39 Å². The van der Waals surface area contributed by atoms with E-state index in [4.69, 9.17) is 17.3 Å². The van der Waals surface area contributed by atoms with E-state index in [1.54, 1.807) is 18.2 Å². The summed E-state index contributed by atoms with van der Waals surface area (Å²) in [5.41, 5.74) is 6.58. The molecule has 98 valence electrons. The van der Waals surface area contributed by atoms with Gasteiger partial charge in [-0.3, -0.25) is 4.79 Å². The maximum Gasteiger partial charge on any atom is 0.257 e. The van der Waals surface area contributed by atoms with Crippen molar-refractivity contribution in [1.82, 2.24) is 0 Å². The zero-order valence-corrected chi connectivity index (χ0v) is 12.5. The zero-order valence-electron chi connectivity index (χ0n) is 9.58. The number of rotatable bonds is 2. The van der Waals surface area contributed by atoms with Crippen molar-refractivity contribution in [1.29, 1.82) is 0 Å². The maximum absolute atomic E-state index is 13.1. The number of halogens is 3. The van der Waals surface area contributed by atoms with Gasteiger partial charge in [0, 0.05) is 14.3 Å². The first-order valence-corrected chi connectivity index (χ1v) is 6.74. The minimum absolute atomic E-state index is 0.103. The molecule has 0 aromatic heterocycles. The van der Waals surface area contributed by atoms with Crippen LogP contribution in [-0.2, 0) is 0 Å². The Bertz CT molecular complexity index is 649. The Labute approximate surface area is 128 Å². The van der Waals surface area contributed by atoms with Crippen molar-refractivity contribution in [2.24, 2.45) is 0 Å². The van der Waals surface area contributed by atoms with Crippen LogP contribution in [0.3, 0.4) is 0 Å². The number of amides is 1. The third-order valence-electron chi connectivity index (χ3n) is 2.44. The lowest BCUT2D eigenvalue weighted by molar-refractivity contribution is 0.102. The first kappa shape index (κ1) is 14.1. The van der Waals surface area contributed by atoms with Gasteiger partial charge in [-0.15, -0.1) is 0 Å². The first-order valence-electron chi connectivity index (χ1n) is 5.29. The summed E-state index contributed by atoms with van der Waals surface area (Å²) >= 11 is 7.88. The second kappa shape index (κ2) is 5.75. The van der Waals surface area contributed by atoms with E-state index < -0.39 is 11.7 Å². The Morgan fingerprint density at radius 3 is 2.68 bits per heavy atom. The van der Waals surface area contributed by atoms with Crippen LogP contribution in [0, 0.1) is 9.39 Å². The van der Waals surface area contributed by atoms with Crippen LogP contribution in [0.2, 0.25) is 5.02 Å². The largest absolute Gasteiger partial charge is 0.398 e. The molecule has 6 heteroatoms. The number of hydrogen-bond donors (Lipinski definition) is 2. The number of benzene rings is 2. The van der Waals surface area contributed by atoms with Gasteiger partial charge >= 0.3 is 0 Å². The SMILES string of the molecule is Nc1ccc(F)cc1C(=O)Nc1ccc(Cl)cc1I. The molecule has 0 aliphatic heterocycles. The smallest absolute Gasteiger partial charge is 0.257 e. The first-order chi connectivity index (χ1) is 8.97. The van der Waals surface area contributed by atoms with E-state index in [2.05, 4.69) is 5.32 Å². The fourth-order valence-electron chi connectivity index (χ4n) is 1.51. The third-order valence-corrected chi connectivity index (χ3v) is 3.57. The van der Waals surface area contributed by atoms with E-state index in [1.807, 2.05) is 22.6 Å². The molecule has 0 unspecified atom stereocenters. The summed E-state index contributed by atoms with van der Waals surface area (Å²) in [7, 11) is 0. The predicted molar refractivity (Wildman–Crippen MR) is 82.9 cm³/mol. The van der Waals surface area contributed by atoms with Crippen molar-refractivity contribution in [3.63, 3.8) is 0 Å². The predicted octanol–water partition coefficient (Wildman–Crippen LogP) is 3.92. The average molecular weight is 391 g/mol. The highest BCUT2D eigenvalue weighted by molar-refractivity contribution is 14.1. The minimum atomic E-state index is -0.509. The quantitative estimate of drug-likeness (QED) is 0.603. The third kappa shape index (κ3) is 3.36. The second-order valence-electron chi connectivity index (χ2n) is 3.81.